The minimum Gasteiger partial charge on any atom is -0.0996 e. The van der Waals surface area contributed by atoms with Crippen LogP contribution in [0.4, 0.5) is 0 Å². The van der Waals surface area contributed by atoms with Crippen molar-refractivity contribution in [2.45, 2.75) is 74.1 Å². The average molecular weight is 200 g/mol. The fourth-order valence-corrected chi connectivity index (χ4v) is 0.610. The van der Waals surface area contributed by atoms with Crippen molar-refractivity contribution in [3.63, 3.8) is 0 Å². The predicted octanol–water partition coefficient (Wildman–Crippen LogP) is 5.83. The Kier molecular flexibility index (Phi) is 25.6. The molecule has 0 N–H and O–H groups in total. The van der Waals surface area contributed by atoms with Crippen molar-refractivity contribution < 1.29 is 0 Å². The lowest BCUT2D eigenvalue weighted by molar-refractivity contribution is 0.706. The zero-order chi connectivity index (χ0) is 12.0. The number of allylic oxidation sites excluding steroid dienone is 1. The van der Waals surface area contributed by atoms with Crippen LogP contribution in [0, 0.1) is 5.92 Å². The standard InChI is InChI=1S/C8H16.2C3H8/c1-5-6-8(4)7(2)3;2*1-3-2/h7H,4-6H2,1-3H3;2*3H2,1-2H3. The quantitative estimate of drug-likeness (QED) is 0.503. The van der Waals surface area contributed by atoms with Crippen molar-refractivity contribution in [2.75, 3.05) is 0 Å². The molecule has 0 heteroatoms. The molecule has 0 radical (unpaired) electrons. The molecular weight excluding hydrogens is 168 g/mol. The number of hydrogen-bond acceptors (Lipinski definition) is 0. The van der Waals surface area contributed by atoms with E-state index < -0.39 is 0 Å². The van der Waals surface area contributed by atoms with Gasteiger partial charge in [0, 0.05) is 0 Å². The van der Waals surface area contributed by atoms with Crippen LogP contribution >= 0.6 is 0 Å². The van der Waals surface area contributed by atoms with Gasteiger partial charge in [-0.25, -0.2) is 0 Å². The van der Waals surface area contributed by atoms with Crippen LogP contribution in [0.1, 0.15) is 74.1 Å². The largest absolute Gasteiger partial charge is 0.0996 e. The smallest absolute Gasteiger partial charge is 0.0263 e. The summed E-state index contributed by atoms with van der Waals surface area (Å²) in [6.45, 7) is 19.0. The first-order chi connectivity index (χ1) is 6.51. The summed E-state index contributed by atoms with van der Waals surface area (Å²) in [5, 5.41) is 0. The van der Waals surface area contributed by atoms with Gasteiger partial charge in [-0.3, -0.25) is 0 Å². The van der Waals surface area contributed by atoms with Gasteiger partial charge in [-0.15, -0.1) is 0 Å². The van der Waals surface area contributed by atoms with E-state index in [0.29, 0.717) is 5.92 Å². The molecule has 0 fully saturated rings. The van der Waals surface area contributed by atoms with Crippen LogP contribution in [-0.2, 0) is 0 Å². The van der Waals surface area contributed by atoms with E-state index in [-0.39, 0.29) is 0 Å². The van der Waals surface area contributed by atoms with Crippen molar-refractivity contribution in [2.24, 2.45) is 5.92 Å². The third-order valence-electron chi connectivity index (χ3n) is 1.39. The lowest BCUT2D eigenvalue weighted by atomic mass is 10.0. The van der Waals surface area contributed by atoms with Crippen LogP contribution < -0.4 is 0 Å². The molecule has 0 heterocycles. The molecule has 0 spiro atoms. The van der Waals surface area contributed by atoms with Crippen LogP contribution in [0.2, 0.25) is 0 Å². The Bertz CT molecular complexity index is 88.2. The minimum atomic E-state index is 0.676. The normalized spacial score (nSPS) is 8.29. The summed E-state index contributed by atoms with van der Waals surface area (Å²) >= 11 is 0. The maximum atomic E-state index is 3.94. The molecule has 14 heavy (non-hydrogen) atoms. The average Bonchev–Trinajstić information content (AvgIpc) is 2.07. The van der Waals surface area contributed by atoms with E-state index in [1.807, 2.05) is 0 Å². The summed E-state index contributed by atoms with van der Waals surface area (Å²) in [6.07, 6.45) is 4.93. The highest BCUT2D eigenvalue weighted by Crippen LogP contribution is 2.11. The fraction of sp³-hybridized carbons (Fsp3) is 0.857. The molecule has 0 aromatic rings. The SMILES string of the molecule is C=C(CCC)C(C)C.CCC.CCC. The van der Waals surface area contributed by atoms with Gasteiger partial charge in [0.05, 0.1) is 0 Å². The van der Waals surface area contributed by atoms with E-state index in [4.69, 9.17) is 0 Å². The molecule has 0 aromatic carbocycles. The van der Waals surface area contributed by atoms with Crippen LogP contribution in [-0.4, -0.2) is 0 Å². The van der Waals surface area contributed by atoms with Gasteiger partial charge in [-0.1, -0.05) is 79.9 Å². The van der Waals surface area contributed by atoms with E-state index >= 15 is 0 Å². The van der Waals surface area contributed by atoms with Gasteiger partial charge < -0.3 is 0 Å². The van der Waals surface area contributed by atoms with Crippen LogP contribution in [0.3, 0.4) is 0 Å². The first-order valence-electron chi connectivity index (χ1n) is 6.19. The predicted molar refractivity (Wildman–Crippen MR) is 70.8 cm³/mol. The lowest BCUT2D eigenvalue weighted by Gasteiger charge is -2.05. The first-order valence-corrected chi connectivity index (χ1v) is 6.19. The Morgan fingerprint density at radius 3 is 1.29 bits per heavy atom. The van der Waals surface area contributed by atoms with E-state index in [0.717, 1.165) is 0 Å². The van der Waals surface area contributed by atoms with Gasteiger partial charge in [0.1, 0.15) is 0 Å². The molecule has 0 nitrogen and oxygen atoms in total. The summed E-state index contributed by atoms with van der Waals surface area (Å²) in [6, 6.07) is 0. The van der Waals surface area contributed by atoms with Gasteiger partial charge in [0.2, 0.25) is 0 Å². The molecule has 0 aliphatic carbocycles. The maximum absolute atomic E-state index is 3.94. The fourth-order valence-electron chi connectivity index (χ4n) is 0.610. The summed E-state index contributed by atoms with van der Waals surface area (Å²) in [5.74, 6) is 0.676. The molecule has 0 aliphatic rings. The van der Waals surface area contributed by atoms with E-state index in [1.54, 1.807) is 0 Å². The zero-order valence-corrected chi connectivity index (χ0v) is 11.6. The maximum Gasteiger partial charge on any atom is -0.0263 e. The topological polar surface area (TPSA) is 0 Å². The highest BCUT2D eigenvalue weighted by molar-refractivity contribution is 4.96. The van der Waals surface area contributed by atoms with Gasteiger partial charge in [0.25, 0.3) is 0 Å². The van der Waals surface area contributed by atoms with Crippen molar-refractivity contribution in [3.05, 3.63) is 12.2 Å². The minimum absolute atomic E-state index is 0.676. The number of hydrogen-bond donors (Lipinski definition) is 0. The lowest BCUT2D eigenvalue weighted by Crippen LogP contribution is -1.90. The Hall–Kier alpha value is -0.260. The zero-order valence-electron chi connectivity index (χ0n) is 11.6. The third kappa shape index (κ3) is 29.8. The molecule has 0 aromatic heterocycles. The molecule has 0 amide bonds. The Morgan fingerprint density at radius 1 is 0.929 bits per heavy atom. The molecular formula is C14H32. The molecule has 88 valence electrons. The summed E-state index contributed by atoms with van der Waals surface area (Å²) in [7, 11) is 0. The van der Waals surface area contributed by atoms with Crippen LogP contribution in [0.25, 0.3) is 0 Å². The first kappa shape index (κ1) is 19.3. The summed E-state index contributed by atoms with van der Waals surface area (Å²) < 4.78 is 0. The molecule has 0 unspecified atom stereocenters. The van der Waals surface area contributed by atoms with Gasteiger partial charge >= 0.3 is 0 Å². The van der Waals surface area contributed by atoms with Crippen molar-refractivity contribution in [3.8, 4) is 0 Å². The molecule has 0 saturated carbocycles. The van der Waals surface area contributed by atoms with E-state index in [9.17, 15) is 0 Å². The van der Waals surface area contributed by atoms with Gasteiger partial charge in [-0.2, -0.15) is 0 Å². The Balaban J connectivity index is -0.000000168. The summed E-state index contributed by atoms with van der Waals surface area (Å²) in [4.78, 5) is 0. The Morgan fingerprint density at radius 2 is 1.21 bits per heavy atom. The molecule has 0 rings (SSSR count). The van der Waals surface area contributed by atoms with E-state index in [1.165, 1.54) is 31.3 Å². The second kappa shape index (κ2) is 18.5. The van der Waals surface area contributed by atoms with Crippen LogP contribution in [0.15, 0.2) is 12.2 Å². The third-order valence-corrected chi connectivity index (χ3v) is 1.39. The highest BCUT2D eigenvalue weighted by atomic mass is 14.0. The van der Waals surface area contributed by atoms with Gasteiger partial charge in [0.15, 0.2) is 0 Å². The Labute approximate surface area is 92.8 Å². The second-order valence-electron chi connectivity index (χ2n) is 3.98. The second-order valence-corrected chi connectivity index (χ2v) is 3.98. The molecule has 0 atom stereocenters. The molecule has 0 bridgehead atoms. The van der Waals surface area contributed by atoms with Crippen molar-refractivity contribution >= 4 is 0 Å². The van der Waals surface area contributed by atoms with Gasteiger partial charge in [-0.05, 0) is 12.3 Å². The van der Waals surface area contributed by atoms with E-state index in [2.05, 4.69) is 55.0 Å². The monoisotopic (exact) mass is 200 g/mol. The summed E-state index contributed by atoms with van der Waals surface area (Å²) in [5.41, 5.74) is 1.38. The molecule has 0 saturated heterocycles. The molecule has 0 aliphatic heterocycles. The van der Waals surface area contributed by atoms with Crippen molar-refractivity contribution in [1.82, 2.24) is 0 Å². The van der Waals surface area contributed by atoms with Crippen LogP contribution in [0.5, 0.6) is 0 Å². The highest BCUT2D eigenvalue weighted by Gasteiger charge is 1.95. The van der Waals surface area contributed by atoms with Crippen molar-refractivity contribution in [1.29, 1.82) is 0 Å². The number of rotatable bonds is 3.